The molecule has 1 aliphatic rings. The first-order valence-electron chi connectivity index (χ1n) is 7.87. The average molecular weight is 295 g/mol. The Bertz CT molecular complexity index is 383. The lowest BCUT2D eigenvalue weighted by Crippen LogP contribution is -2.44. The topological polar surface area (TPSA) is 18.5 Å². The largest absolute Gasteiger partial charge is 0.311 e. The van der Waals surface area contributed by atoms with Crippen molar-refractivity contribution in [1.82, 2.24) is 15.1 Å². The van der Waals surface area contributed by atoms with Gasteiger partial charge in [-0.15, -0.1) is 11.3 Å². The minimum Gasteiger partial charge on any atom is -0.311 e. The van der Waals surface area contributed by atoms with E-state index in [0.717, 1.165) is 25.7 Å². The highest BCUT2D eigenvalue weighted by atomic mass is 32.1. The molecule has 2 heterocycles. The van der Waals surface area contributed by atoms with Gasteiger partial charge in [-0.2, -0.15) is 0 Å². The fourth-order valence-electron chi connectivity index (χ4n) is 2.91. The molecule has 0 aliphatic carbocycles. The van der Waals surface area contributed by atoms with E-state index in [-0.39, 0.29) is 0 Å². The number of hydrogen-bond donors (Lipinski definition) is 1. The maximum Gasteiger partial charge on any atom is 0.0300 e. The lowest BCUT2D eigenvalue weighted by molar-refractivity contribution is 0.132. The highest BCUT2D eigenvalue weighted by Gasteiger charge is 2.20. The van der Waals surface area contributed by atoms with Crippen LogP contribution in [0.25, 0.3) is 0 Å². The Morgan fingerprint density at radius 1 is 1.35 bits per heavy atom. The van der Waals surface area contributed by atoms with Crippen LogP contribution in [-0.4, -0.2) is 55.6 Å². The Labute approximate surface area is 128 Å². The summed E-state index contributed by atoms with van der Waals surface area (Å²) in [4.78, 5) is 7.95. The molecule has 0 bridgehead atoms. The van der Waals surface area contributed by atoms with Crippen molar-refractivity contribution >= 4 is 11.3 Å². The number of nitrogens with one attached hydrogen (secondary N) is 1. The molecule has 0 saturated carbocycles. The summed E-state index contributed by atoms with van der Waals surface area (Å²) in [6.45, 7) is 11.4. The number of nitrogens with zero attached hydrogens (tertiary/aromatic N) is 2. The molecule has 0 atom stereocenters. The Hall–Kier alpha value is -0.420. The van der Waals surface area contributed by atoms with Gasteiger partial charge in [-0.05, 0) is 58.6 Å². The van der Waals surface area contributed by atoms with Crippen molar-refractivity contribution in [2.75, 3.05) is 39.8 Å². The van der Waals surface area contributed by atoms with E-state index in [4.69, 9.17) is 0 Å². The van der Waals surface area contributed by atoms with Gasteiger partial charge in [0.2, 0.25) is 0 Å². The van der Waals surface area contributed by atoms with Gasteiger partial charge in [0.15, 0.2) is 0 Å². The second-order valence-electron chi connectivity index (χ2n) is 5.84. The second kappa shape index (κ2) is 8.13. The van der Waals surface area contributed by atoms with Gasteiger partial charge in [0.25, 0.3) is 0 Å². The molecule has 0 amide bonds. The number of piperidine rings is 1. The Morgan fingerprint density at radius 2 is 2.10 bits per heavy atom. The molecule has 1 aliphatic heterocycles. The van der Waals surface area contributed by atoms with Crippen LogP contribution in [0.1, 0.15) is 29.5 Å². The first-order chi connectivity index (χ1) is 9.69. The third kappa shape index (κ3) is 4.85. The van der Waals surface area contributed by atoms with Crippen LogP contribution in [0.5, 0.6) is 0 Å². The Kier molecular flexibility index (Phi) is 6.49. The van der Waals surface area contributed by atoms with E-state index < -0.39 is 0 Å². The van der Waals surface area contributed by atoms with E-state index in [9.17, 15) is 0 Å². The first kappa shape index (κ1) is 16.0. The molecule has 0 unspecified atom stereocenters. The molecule has 1 saturated heterocycles. The lowest BCUT2D eigenvalue weighted by Gasteiger charge is -2.36. The Morgan fingerprint density at radius 3 is 2.70 bits per heavy atom. The zero-order valence-corrected chi connectivity index (χ0v) is 14.0. The normalized spacial score (nSPS) is 18.0. The minimum absolute atomic E-state index is 0.781. The van der Waals surface area contributed by atoms with Gasteiger partial charge in [-0.3, -0.25) is 0 Å². The van der Waals surface area contributed by atoms with Gasteiger partial charge < -0.3 is 15.1 Å². The third-order valence-electron chi connectivity index (χ3n) is 4.36. The summed E-state index contributed by atoms with van der Waals surface area (Å²) in [7, 11) is 2.28. The van der Waals surface area contributed by atoms with Crippen LogP contribution < -0.4 is 5.32 Å². The summed E-state index contributed by atoms with van der Waals surface area (Å²) >= 11 is 1.90. The van der Waals surface area contributed by atoms with E-state index >= 15 is 0 Å². The molecule has 20 heavy (non-hydrogen) atoms. The standard InChI is InChI=1S/C16H29N3S/c1-4-19-10-7-15(8-11-19)18(3)12-9-17-13-16-6-5-14(2)20-16/h5-6,15,17H,4,7-13H2,1-3H3. The number of thiophene rings is 1. The van der Waals surface area contributed by atoms with Crippen LogP contribution >= 0.6 is 11.3 Å². The minimum atomic E-state index is 0.781. The van der Waals surface area contributed by atoms with Crippen molar-refractivity contribution in [3.63, 3.8) is 0 Å². The summed E-state index contributed by atoms with van der Waals surface area (Å²) in [6.07, 6.45) is 2.66. The van der Waals surface area contributed by atoms with E-state index in [1.165, 1.54) is 42.2 Å². The third-order valence-corrected chi connectivity index (χ3v) is 5.36. The van der Waals surface area contributed by atoms with E-state index in [1.54, 1.807) is 0 Å². The van der Waals surface area contributed by atoms with Crippen LogP contribution in [0.4, 0.5) is 0 Å². The zero-order chi connectivity index (χ0) is 14.4. The molecule has 114 valence electrons. The fourth-order valence-corrected chi connectivity index (χ4v) is 3.77. The fraction of sp³-hybridized carbons (Fsp3) is 0.750. The molecule has 4 heteroatoms. The van der Waals surface area contributed by atoms with Crippen molar-refractivity contribution in [3.05, 3.63) is 21.9 Å². The summed E-state index contributed by atoms with van der Waals surface area (Å²) in [5.74, 6) is 0. The van der Waals surface area contributed by atoms with Crippen molar-refractivity contribution in [1.29, 1.82) is 0 Å². The predicted octanol–water partition coefficient (Wildman–Crippen LogP) is 2.56. The molecule has 0 spiro atoms. The van der Waals surface area contributed by atoms with Crippen LogP contribution in [0.2, 0.25) is 0 Å². The quantitative estimate of drug-likeness (QED) is 0.780. The van der Waals surface area contributed by atoms with Gasteiger partial charge in [-0.1, -0.05) is 6.92 Å². The average Bonchev–Trinajstić information content (AvgIpc) is 2.89. The monoisotopic (exact) mass is 295 g/mol. The van der Waals surface area contributed by atoms with E-state index in [0.29, 0.717) is 0 Å². The van der Waals surface area contributed by atoms with Gasteiger partial charge in [0, 0.05) is 35.4 Å². The maximum atomic E-state index is 3.56. The van der Waals surface area contributed by atoms with Crippen LogP contribution in [0.15, 0.2) is 12.1 Å². The summed E-state index contributed by atoms with van der Waals surface area (Å²) in [5.41, 5.74) is 0. The number of likely N-dealkylation sites (N-methyl/N-ethyl adjacent to an activating group) is 1. The highest BCUT2D eigenvalue weighted by Crippen LogP contribution is 2.15. The van der Waals surface area contributed by atoms with Gasteiger partial charge in [-0.25, -0.2) is 0 Å². The van der Waals surface area contributed by atoms with Crippen LogP contribution in [0, 0.1) is 6.92 Å². The van der Waals surface area contributed by atoms with Crippen molar-refractivity contribution in [2.24, 2.45) is 0 Å². The lowest BCUT2D eigenvalue weighted by atomic mass is 10.0. The number of aryl methyl sites for hydroxylation is 1. The van der Waals surface area contributed by atoms with Crippen LogP contribution in [0.3, 0.4) is 0 Å². The number of hydrogen-bond acceptors (Lipinski definition) is 4. The van der Waals surface area contributed by atoms with Crippen LogP contribution in [-0.2, 0) is 6.54 Å². The summed E-state index contributed by atoms with van der Waals surface area (Å²) in [5, 5.41) is 3.56. The van der Waals surface area contributed by atoms with Gasteiger partial charge in [0.05, 0.1) is 0 Å². The number of rotatable bonds is 7. The first-order valence-corrected chi connectivity index (χ1v) is 8.69. The molecular formula is C16H29N3S. The molecule has 2 rings (SSSR count). The summed E-state index contributed by atoms with van der Waals surface area (Å²) in [6, 6.07) is 5.22. The highest BCUT2D eigenvalue weighted by molar-refractivity contribution is 7.11. The predicted molar refractivity (Wildman–Crippen MR) is 88.5 cm³/mol. The van der Waals surface area contributed by atoms with Crippen molar-refractivity contribution in [3.8, 4) is 0 Å². The maximum absolute atomic E-state index is 3.56. The van der Waals surface area contributed by atoms with Crippen molar-refractivity contribution < 1.29 is 0 Å². The van der Waals surface area contributed by atoms with Gasteiger partial charge in [0.1, 0.15) is 0 Å². The number of likely N-dealkylation sites (tertiary alicyclic amines) is 1. The molecular weight excluding hydrogens is 266 g/mol. The molecule has 3 nitrogen and oxygen atoms in total. The SMILES string of the molecule is CCN1CCC(N(C)CCNCc2ccc(C)s2)CC1. The van der Waals surface area contributed by atoms with Crippen molar-refractivity contribution in [2.45, 2.75) is 39.3 Å². The molecule has 1 N–H and O–H groups in total. The summed E-state index contributed by atoms with van der Waals surface area (Å²) < 4.78 is 0. The van der Waals surface area contributed by atoms with Gasteiger partial charge >= 0.3 is 0 Å². The molecule has 1 aromatic rings. The molecule has 0 aromatic carbocycles. The Balaban J connectivity index is 1.59. The van der Waals surface area contributed by atoms with E-state index in [2.05, 4.69) is 48.1 Å². The molecule has 0 radical (unpaired) electrons. The molecule has 1 aromatic heterocycles. The van der Waals surface area contributed by atoms with E-state index in [1.807, 2.05) is 11.3 Å². The zero-order valence-electron chi connectivity index (χ0n) is 13.2. The second-order valence-corrected chi connectivity index (χ2v) is 7.21. The smallest absolute Gasteiger partial charge is 0.0300 e. The molecule has 1 fully saturated rings.